The van der Waals surface area contributed by atoms with Gasteiger partial charge in [-0.2, -0.15) is 5.10 Å². The zero-order valence-electron chi connectivity index (χ0n) is 11.9. The summed E-state index contributed by atoms with van der Waals surface area (Å²) in [5.74, 6) is 0.707. The summed E-state index contributed by atoms with van der Waals surface area (Å²) in [7, 11) is 0. The van der Waals surface area contributed by atoms with Crippen LogP contribution in [0.4, 0.5) is 0 Å². The molecule has 1 aliphatic heterocycles. The minimum absolute atomic E-state index is 0.707. The third kappa shape index (κ3) is 2.88. The second kappa shape index (κ2) is 6.13. The van der Waals surface area contributed by atoms with Crippen molar-refractivity contribution in [2.24, 2.45) is 5.92 Å². The summed E-state index contributed by atoms with van der Waals surface area (Å²) in [6, 6.07) is 4.14. The Kier molecular flexibility index (Phi) is 4.06. The molecular weight excluding hydrogens is 250 g/mol. The van der Waals surface area contributed by atoms with Crippen LogP contribution in [0.1, 0.15) is 25.5 Å². The molecule has 2 aromatic heterocycles. The third-order valence-corrected chi connectivity index (χ3v) is 3.80. The largest absolute Gasteiger partial charge is 0.316 e. The van der Waals surface area contributed by atoms with Gasteiger partial charge in [0.15, 0.2) is 0 Å². The van der Waals surface area contributed by atoms with E-state index < -0.39 is 0 Å². The second-order valence-corrected chi connectivity index (χ2v) is 5.40. The van der Waals surface area contributed by atoms with E-state index in [1.807, 2.05) is 16.9 Å². The SMILES string of the molecule is CCCn1nccc1-c1cc(C[C@H]2CCNC2)ncn1. The Hall–Kier alpha value is -1.75. The molecular formula is C15H21N5. The van der Waals surface area contributed by atoms with Gasteiger partial charge in [0.1, 0.15) is 6.33 Å². The molecule has 1 N–H and O–H groups in total. The van der Waals surface area contributed by atoms with Crippen LogP contribution < -0.4 is 5.32 Å². The van der Waals surface area contributed by atoms with Crippen molar-refractivity contribution in [3.8, 4) is 11.4 Å². The molecule has 0 unspecified atom stereocenters. The summed E-state index contributed by atoms with van der Waals surface area (Å²) in [5, 5.41) is 7.76. The van der Waals surface area contributed by atoms with Gasteiger partial charge < -0.3 is 5.32 Å². The number of nitrogens with zero attached hydrogens (tertiary/aromatic N) is 4. The number of rotatable bonds is 5. The minimum Gasteiger partial charge on any atom is -0.316 e. The predicted molar refractivity (Wildman–Crippen MR) is 78.2 cm³/mol. The van der Waals surface area contributed by atoms with E-state index in [0.29, 0.717) is 5.92 Å². The monoisotopic (exact) mass is 271 g/mol. The first-order valence-electron chi connectivity index (χ1n) is 7.40. The Balaban J connectivity index is 1.81. The van der Waals surface area contributed by atoms with Crippen LogP contribution in [0, 0.1) is 5.92 Å². The van der Waals surface area contributed by atoms with E-state index in [9.17, 15) is 0 Å². The molecule has 0 aliphatic carbocycles. The van der Waals surface area contributed by atoms with Crippen molar-refractivity contribution in [3.05, 3.63) is 30.4 Å². The number of hydrogen-bond acceptors (Lipinski definition) is 4. The van der Waals surface area contributed by atoms with Gasteiger partial charge in [0.2, 0.25) is 0 Å². The second-order valence-electron chi connectivity index (χ2n) is 5.40. The predicted octanol–water partition coefficient (Wildman–Crippen LogP) is 1.90. The molecule has 3 heterocycles. The summed E-state index contributed by atoms with van der Waals surface area (Å²) in [6.07, 6.45) is 6.86. The fourth-order valence-corrected chi connectivity index (χ4v) is 2.77. The summed E-state index contributed by atoms with van der Waals surface area (Å²) in [6.45, 7) is 5.32. The minimum atomic E-state index is 0.707. The molecule has 0 bridgehead atoms. The van der Waals surface area contributed by atoms with E-state index in [0.717, 1.165) is 49.6 Å². The fourth-order valence-electron chi connectivity index (χ4n) is 2.77. The molecule has 0 radical (unpaired) electrons. The van der Waals surface area contributed by atoms with Crippen LogP contribution in [0.3, 0.4) is 0 Å². The van der Waals surface area contributed by atoms with Gasteiger partial charge in [0.25, 0.3) is 0 Å². The molecule has 0 amide bonds. The molecule has 20 heavy (non-hydrogen) atoms. The third-order valence-electron chi connectivity index (χ3n) is 3.80. The van der Waals surface area contributed by atoms with Crippen molar-refractivity contribution in [1.82, 2.24) is 25.1 Å². The van der Waals surface area contributed by atoms with E-state index in [1.165, 1.54) is 6.42 Å². The van der Waals surface area contributed by atoms with Gasteiger partial charge in [-0.15, -0.1) is 0 Å². The molecule has 106 valence electrons. The van der Waals surface area contributed by atoms with E-state index in [2.05, 4.69) is 33.4 Å². The van der Waals surface area contributed by atoms with Crippen molar-refractivity contribution in [2.45, 2.75) is 32.7 Å². The Bertz CT molecular complexity index is 557. The molecule has 0 aromatic carbocycles. The average Bonchev–Trinajstić information content (AvgIpc) is 3.11. The average molecular weight is 271 g/mol. The smallest absolute Gasteiger partial charge is 0.116 e. The molecule has 1 aliphatic rings. The Morgan fingerprint density at radius 1 is 1.40 bits per heavy atom. The van der Waals surface area contributed by atoms with Crippen LogP contribution in [-0.4, -0.2) is 32.8 Å². The molecule has 2 aromatic rings. The van der Waals surface area contributed by atoms with Crippen molar-refractivity contribution in [2.75, 3.05) is 13.1 Å². The van der Waals surface area contributed by atoms with E-state index in [4.69, 9.17) is 0 Å². The highest BCUT2D eigenvalue weighted by atomic mass is 15.3. The Morgan fingerprint density at radius 2 is 2.35 bits per heavy atom. The summed E-state index contributed by atoms with van der Waals surface area (Å²) >= 11 is 0. The van der Waals surface area contributed by atoms with Gasteiger partial charge in [0, 0.05) is 18.4 Å². The van der Waals surface area contributed by atoms with E-state index in [1.54, 1.807) is 6.33 Å². The lowest BCUT2D eigenvalue weighted by molar-refractivity contribution is 0.570. The first-order valence-corrected chi connectivity index (χ1v) is 7.40. The molecule has 3 rings (SSSR count). The molecule has 1 fully saturated rings. The van der Waals surface area contributed by atoms with Crippen LogP contribution in [0.2, 0.25) is 0 Å². The number of aromatic nitrogens is 4. The van der Waals surface area contributed by atoms with Crippen LogP contribution in [0.25, 0.3) is 11.4 Å². The number of nitrogens with one attached hydrogen (secondary N) is 1. The van der Waals surface area contributed by atoms with Crippen molar-refractivity contribution in [3.63, 3.8) is 0 Å². The summed E-state index contributed by atoms with van der Waals surface area (Å²) in [4.78, 5) is 8.83. The highest BCUT2D eigenvalue weighted by Crippen LogP contribution is 2.19. The standard InChI is InChI=1S/C15H21N5/c1-2-7-20-15(4-6-19-20)14-9-13(17-11-18-14)8-12-3-5-16-10-12/h4,6,9,11-12,16H,2-3,5,7-8,10H2,1H3/t12-/m1/s1. The van der Waals surface area contributed by atoms with Crippen LogP contribution in [-0.2, 0) is 13.0 Å². The van der Waals surface area contributed by atoms with Gasteiger partial charge in [-0.1, -0.05) is 6.92 Å². The number of aryl methyl sites for hydroxylation is 1. The van der Waals surface area contributed by atoms with Crippen LogP contribution >= 0.6 is 0 Å². The highest BCUT2D eigenvalue weighted by Gasteiger charge is 2.16. The lowest BCUT2D eigenvalue weighted by atomic mass is 10.0. The van der Waals surface area contributed by atoms with Crippen molar-refractivity contribution >= 4 is 0 Å². The Morgan fingerprint density at radius 3 is 3.15 bits per heavy atom. The van der Waals surface area contributed by atoms with Gasteiger partial charge in [0.05, 0.1) is 11.4 Å². The lowest BCUT2D eigenvalue weighted by Crippen LogP contribution is -2.11. The normalized spacial score (nSPS) is 18.6. The molecule has 5 heteroatoms. The summed E-state index contributed by atoms with van der Waals surface area (Å²) in [5.41, 5.74) is 3.19. The summed E-state index contributed by atoms with van der Waals surface area (Å²) < 4.78 is 2.02. The maximum atomic E-state index is 4.42. The molecule has 5 nitrogen and oxygen atoms in total. The zero-order chi connectivity index (χ0) is 13.8. The first kappa shape index (κ1) is 13.2. The van der Waals surface area contributed by atoms with Gasteiger partial charge in [-0.25, -0.2) is 9.97 Å². The van der Waals surface area contributed by atoms with Crippen molar-refractivity contribution in [1.29, 1.82) is 0 Å². The van der Waals surface area contributed by atoms with Gasteiger partial charge >= 0.3 is 0 Å². The number of hydrogen-bond donors (Lipinski definition) is 1. The fraction of sp³-hybridized carbons (Fsp3) is 0.533. The van der Waals surface area contributed by atoms with Crippen LogP contribution in [0.5, 0.6) is 0 Å². The molecule has 0 saturated carbocycles. The van der Waals surface area contributed by atoms with Gasteiger partial charge in [-0.05, 0) is 50.4 Å². The van der Waals surface area contributed by atoms with E-state index >= 15 is 0 Å². The lowest BCUT2D eigenvalue weighted by Gasteiger charge is -2.09. The quantitative estimate of drug-likeness (QED) is 0.902. The first-order chi connectivity index (χ1) is 9.86. The molecule has 0 spiro atoms. The molecule has 1 atom stereocenters. The van der Waals surface area contributed by atoms with Gasteiger partial charge in [-0.3, -0.25) is 4.68 Å². The van der Waals surface area contributed by atoms with Crippen LogP contribution in [0.15, 0.2) is 24.7 Å². The van der Waals surface area contributed by atoms with Crippen molar-refractivity contribution < 1.29 is 0 Å². The topological polar surface area (TPSA) is 55.6 Å². The Labute approximate surface area is 119 Å². The molecule has 1 saturated heterocycles. The zero-order valence-corrected chi connectivity index (χ0v) is 11.9. The maximum absolute atomic E-state index is 4.42. The maximum Gasteiger partial charge on any atom is 0.116 e. The van der Waals surface area contributed by atoms with E-state index in [-0.39, 0.29) is 0 Å². The highest BCUT2D eigenvalue weighted by molar-refractivity contribution is 5.54.